The van der Waals surface area contributed by atoms with Gasteiger partial charge in [0.25, 0.3) is 0 Å². The van der Waals surface area contributed by atoms with Crippen molar-refractivity contribution >= 4 is 17.8 Å². The van der Waals surface area contributed by atoms with Crippen LogP contribution in [0, 0.1) is 5.82 Å². The van der Waals surface area contributed by atoms with Gasteiger partial charge in [-0.25, -0.2) is 4.39 Å². The topological polar surface area (TPSA) is 35.9 Å². The van der Waals surface area contributed by atoms with Crippen molar-refractivity contribution in [3.05, 3.63) is 89.2 Å². The van der Waals surface area contributed by atoms with Crippen LogP contribution < -0.4 is 9.64 Å². The van der Waals surface area contributed by atoms with E-state index >= 15 is 0 Å². The maximum atomic E-state index is 14.8. The van der Waals surface area contributed by atoms with E-state index in [-0.39, 0.29) is 11.6 Å². The Bertz CT molecular complexity index is 1110. The molecule has 1 heterocycles. The predicted octanol–water partition coefficient (Wildman–Crippen LogP) is 6.59. The van der Waals surface area contributed by atoms with Gasteiger partial charge in [-0.3, -0.25) is 4.90 Å². The van der Waals surface area contributed by atoms with E-state index in [1.807, 2.05) is 36.4 Å². The van der Waals surface area contributed by atoms with Crippen LogP contribution in [0.1, 0.15) is 42.9 Å². The summed E-state index contributed by atoms with van der Waals surface area (Å²) < 4.78 is 20.6. The molecule has 0 unspecified atom stereocenters. The van der Waals surface area contributed by atoms with Crippen LogP contribution in [-0.2, 0) is 6.54 Å². The highest BCUT2D eigenvalue weighted by Crippen LogP contribution is 2.26. The fraction of sp³-hybridized carbons (Fsp3) is 0.333. The summed E-state index contributed by atoms with van der Waals surface area (Å²) in [4.78, 5) is 4.63. The summed E-state index contributed by atoms with van der Waals surface area (Å²) in [6.07, 6.45) is 7.90. The molecule has 1 aliphatic rings. The van der Waals surface area contributed by atoms with E-state index in [0.29, 0.717) is 18.9 Å². The van der Waals surface area contributed by atoms with Crippen LogP contribution >= 0.6 is 0 Å². The minimum Gasteiger partial charge on any atom is -0.508 e. The quantitative estimate of drug-likeness (QED) is 0.336. The number of hydrogen-bond donors (Lipinski definition) is 1. The molecule has 0 aliphatic carbocycles. The summed E-state index contributed by atoms with van der Waals surface area (Å²) >= 11 is 0. The first-order valence-corrected chi connectivity index (χ1v) is 12.6. The lowest BCUT2D eigenvalue weighted by Gasteiger charge is -2.26. The molecular formula is C30H35FN2O2. The Balaban J connectivity index is 1.40. The highest BCUT2D eigenvalue weighted by molar-refractivity contribution is 5.77. The van der Waals surface area contributed by atoms with Gasteiger partial charge >= 0.3 is 0 Å². The molecule has 4 rings (SSSR count). The number of anilines is 1. The largest absolute Gasteiger partial charge is 0.508 e. The molecule has 0 aromatic heterocycles. The Kier molecular flexibility index (Phi) is 8.79. The number of aromatic hydroxyl groups is 1. The van der Waals surface area contributed by atoms with Crippen molar-refractivity contribution in [1.29, 1.82) is 0 Å². The third-order valence-electron chi connectivity index (χ3n) is 6.49. The Morgan fingerprint density at radius 3 is 2.49 bits per heavy atom. The zero-order chi connectivity index (χ0) is 24.5. The number of hydrogen-bond acceptors (Lipinski definition) is 4. The van der Waals surface area contributed by atoms with Crippen LogP contribution in [-0.4, -0.2) is 42.8 Å². The Morgan fingerprint density at radius 2 is 1.74 bits per heavy atom. The van der Waals surface area contributed by atoms with Gasteiger partial charge in [-0.1, -0.05) is 55.0 Å². The number of ether oxygens (including phenoxy) is 1. The van der Waals surface area contributed by atoms with Crippen LogP contribution in [0.25, 0.3) is 12.2 Å². The normalized spacial score (nSPS) is 14.3. The monoisotopic (exact) mass is 474 g/mol. The van der Waals surface area contributed by atoms with Crippen LogP contribution in [0.15, 0.2) is 66.7 Å². The van der Waals surface area contributed by atoms with Gasteiger partial charge in [0.15, 0.2) is 11.6 Å². The van der Waals surface area contributed by atoms with Gasteiger partial charge in [0.05, 0.1) is 0 Å². The second kappa shape index (κ2) is 12.4. The van der Waals surface area contributed by atoms with Crippen LogP contribution in [0.5, 0.6) is 11.5 Å². The van der Waals surface area contributed by atoms with Gasteiger partial charge in [0.1, 0.15) is 12.4 Å². The van der Waals surface area contributed by atoms with Crippen molar-refractivity contribution < 1.29 is 14.2 Å². The summed E-state index contributed by atoms with van der Waals surface area (Å²) in [6, 6.07) is 20.6. The van der Waals surface area contributed by atoms with Crippen molar-refractivity contribution in [3.8, 4) is 11.5 Å². The number of halogens is 1. The van der Waals surface area contributed by atoms with E-state index in [1.165, 1.54) is 19.3 Å². The molecule has 184 valence electrons. The molecule has 1 saturated heterocycles. The van der Waals surface area contributed by atoms with E-state index in [1.54, 1.807) is 24.3 Å². The molecule has 0 bridgehead atoms. The van der Waals surface area contributed by atoms with Gasteiger partial charge in [0, 0.05) is 25.3 Å². The van der Waals surface area contributed by atoms with Gasteiger partial charge in [-0.15, -0.1) is 0 Å². The number of phenols is 1. The Labute approximate surface area is 208 Å². The molecule has 1 aliphatic heterocycles. The number of piperidine rings is 1. The molecule has 0 saturated carbocycles. The Morgan fingerprint density at radius 1 is 0.971 bits per heavy atom. The minimum atomic E-state index is -0.308. The molecule has 4 nitrogen and oxygen atoms in total. The predicted molar refractivity (Wildman–Crippen MR) is 142 cm³/mol. The first-order chi connectivity index (χ1) is 17.1. The molecule has 3 aromatic rings. The maximum Gasteiger partial charge on any atom is 0.165 e. The molecule has 3 aromatic carbocycles. The number of likely N-dealkylation sites (tertiary alicyclic amines) is 1. The van der Waals surface area contributed by atoms with E-state index in [4.69, 9.17) is 4.74 Å². The SMILES string of the molecule is CCN(Cc1ccc(OCCN2CCCCC2)c(F)c1)c1ccccc1C=Cc1ccc(O)cc1. The lowest BCUT2D eigenvalue weighted by Crippen LogP contribution is -2.33. The second-order valence-electron chi connectivity index (χ2n) is 9.01. The van der Waals surface area contributed by atoms with Crippen molar-refractivity contribution in [1.82, 2.24) is 4.90 Å². The lowest BCUT2D eigenvalue weighted by molar-refractivity contribution is 0.180. The number of rotatable bonds is 10. The van der Waals surface area contributed by atoms with Gasteiger partial charge in [-0.05, 0) is 79.9 Å². The van der Waals surface area contributed by atoms with Gasteiger partial charge in [0.2, 0.25) is 0 Å². The zero-order valence-corrected chi connectivity index (χ0v) is 20.5. The molecule has 5 heteroatoms. The smallest absolute Gasteiger partial charge is 0.165 e. The molecule has 1 fully saturated rings. The number of nitrogens with zero attached hydrogens (tertiary/aromatic N) is 2. The number of benzene rings is 3. The summed E-state index contributed by atoms with van der Waals surface area (Å²) in [6.45, 7) is 7.09. The van der Waals surface area contributed by atoms with Gasteiger partial charge < -0.3 is 14.7 Å². The second-order valence-corrected chi connectivity index (χ2v) is 9.01. The van der Waals surface area contributed by atoms with E-state index in [0.717, 1.165) is 48.6 Å². The number of para-hydroxylation sites is 1. The van der Waals surface area contributed by atoms with Gasteiger partial charge in [-0.2, -0.15) is 0 Å². The molecule has 0 atom stereocenters. The molecular weight excluding hydrogens is 439 g/mol. The van der Waals surface area contributed by atoms with Crippen LogP contribution in [0.3, 0.4) is 0 Å². The average molecular weight is 475 g/mol. The zero-order valence-electron chi connectivity index (χ0n) is 20.5. The summed E-state index contributed by atoms with van der Waals surface area (Å²) in [5, 5.41) is 9.50. The third kappa shape index (κ3) is 7.09. The fourth-order valence-corrected chi connectivity index (χ4v) is 4.50. The van der Waals surface area contributed by atoms with E-state index in [9.17, 15) is 9.50 Å². The standard InChI is InChI=1S/C30H35FN2O2/c1-2-33(29-9-5-4-8-26(29)14-10-24-11-15-27(34)16-12-24)23-25-13-17-30(28(31)22-25)35-21-20-32-18-6-3-7-19-32/h4-5,8-17,22,34H,2-3,6-7,18-21,23H2,1H3. The lowest BCUT2D eigenvalue weighted by atomic mass is 10.1. The third-order valence-corrected chi connectivity index (χ3v) is 6.49. The van der Waals surface area contributed by atoms with E-state index in [2.05, 4.69) is 34.9 Å². The fourth-order valence-electron chi connectivity index (χ4n) is 4.50. The highest BCUT2D eigenvalue weighted by atomic mass is 19.1. The van der Waals surface area contributed by atoms with E-state index < -0.39 is 0 Å². The number of phenolic OH excluding ortho intramolecular Hbond substituents is 1. The molecule has 0 radical (unpaired) electrons. The van der Waals surface area contributed by atoms with Crippen molar-refractivity contribution in [2.75, 3.05) is 37.7 Å². The Hall–Kier alpha value is -3.31. The van der Waals surface area contributed by atoms with Crippen molar-refractivity contribution in [2.24, 2.45) is 0 Å². The first-order valence-electron chi connectivity index (χ1n) is 12.6. The molecule has 35 heavy (non-hydrogen) atoms. The van der Waals surface area contributed by atoms with Crippen molar-refractivity contribution in [2.45, 2.75) is 32.7 Å². The average Bonchev–Trinajstić information content (AvgIpc) is 2.89. The summed E-state index contributed by atoms with van der Waals surface area (Å²) in [7, 11) is 0. The van der Waals surface area contributed by atoms with Crippen LogP contribution in [0.2, 0.25) is 0 Å². The maximum absolute atomic E-state index is 14.8. The molecule has 0 amide bonds. The summed E-state index contributed by atoms with van der Waals surface area (Å²) in [5.41, 5.74) is 4.09. The molecule has 0 spiro atoms. The molecule has 1 N–H and O–H groups in total. The highest BCUT2D eigenvalue weighted by Gasteiger charge is 2.13. The first kappa shape index (κ1) is 24.8. The van der Waals surface area contributed by atoms with Crippen molar-refractivity contribution in [3.63, 3.8) is 0 Å². The van der Waals surface area contributed by atoms with Crippen LogP contribution in [0.4, 0.5) is 10.1 Å². The summed E-state index contributed by atoms with van der Waals surface area (Å²) in [5.74, 6) is 0.272. The minimum absolute atomic E-state index is 0.255.